The second kappa shape index (κ2) is 4.57. The summed E-state index contributed by atoms with van der Waals surface area (Å²) < 4.78 is 4.36. The van der Waals surface area contributed by atoms with Gasteiger partial charge in [-0.15, -0.1) is 0 Å². The van der Waals surface area contributed by atoms with Gasteiger partial charge >= 0.3 is 0 Å². The summed E-state index contributed by atoms with van der Waals surface area (Å²) in [6, 6.07) is 9.61. The fraction of sp³-hybridized carbons (Fsp3) is 0.182. The molecule has 16 heavy (non-hydrogen) atoms. The molecule has 0 aliphatic heterocycles. The van der Waals surface area contributed by atoms with E-state index in [9.17, 15) is 4.79 Å². The van der Waals surface area contributed by atoms with Crippen LogP contribution in [0.2, 0.25) is 0 Å². The Kier molecular flexibility index (Phi) is 2.95. The lowest BCUT2D eigenvalue weighted by atomic mass is 10.1. The Bertz CT molecular complexity index is 453. The van der Waals surface area contributed by atoms with Gasteiger partial charge in [-0.2, -0.15) is 0 Å². The van der Waals surface area contributed by atoms with Gasteiger partial charge < -0.3 is 5.32 Å². The molecule has 2 aromatic rings. The van der Waals surface area contributed by atoms with Crippen LogP contribution in [0.3, 0.4) is 0 Å². The number of nitrogens with zero attached hydrogens (tertiary/aromatic N) is 2. The molecule has 1 aromatic heterocycles. The Balaban J connectivity index is 2.03. The largest absolute Gasteiger partial charge is 0.344 e. The minimum atomic E-state index is -0.294. The van der Waals surface area contributed by atoms with E-state index in [2.05, 4.69) is 20.3 Å². The van der Waals surface area contributed by atoms with Crippen LogP contribution in [0, 0.1) is 0 Å². The van der Waals surface area contributed by atoms with Gasteiger partial charge in [-0.3, -0.25) is 4.79 Å². The van der Waals surface area contributed by atoms with E-state index in [1.165, 1.54) is 6.20 Å². The molecule has 1 amide bonds. The van der Waals surface area contributed by atoms with Crippen molar-refractivity contribution in [3.63, 3.8) is 0 Å². The molecule has 0 saturated heterocycles. The SMILES string of the molecule is CC(NC(=O)c1cnon1)c1ccccc1. The van der Waals surface area contributed by atoms with Crippen molar-refractivity contribution >= 4 is 5.91 Å². The minimum absolute atomic E-state index is 0.0783. The van der Waals surface area contributed by atoms with Crippen molar-refractivity contribution in [2.24, 2.45) is 0 Å². The Morgan fingerprint density at radius 1 is 1.38 bits per heavy atom. The Morgan fingerprint density at radius 3 is 2.75 bits per heavy atom. The molecule has 0 bridgehead atoms. The lowest BCUT2D eigenvalue weighted by Crippen LogP contribution is -2.26. The van der Waals surface area contributed by atoms with Crippen LogP contribution in [-0.2, 0) is 0 Å². The summed E-state index contributed by atoms with van der Waals surface area (Å²) in [7, 11) is 0. The first-order valence-electron chi connectivity index (χ1n) is 4.91. The Morgan fingerprint density at radius 2 is 2.12 bits per heavy atom. The zero-order valence-corrected chi connectivity index (χ0v) is 8.75. The van der Waals surface area contributed by atoms with Crippen LogP contribution in [0.25, 0.3) is 0 Å². The number of carbonyl (C=O) groups is 1. The molecule has 0 fully saturated rings. The predicted molar refractivity (Wildman–Crippen MR) is 56.6 cm³/mol. The molecule has 1 unspecified atom stereocenters. The highest BCUT2D eigenvalue weighted by Gasteiger charge is 2.13. The van der Waals surface area contributed by atoms with Crippen molar-refractivity contribution in [3.05, 3.63) is 47.8 Å². The van der Waals surface area contributed by atoms with E-state index < -0.39 is 0 Å². The third-order valence-electron chi connectivity index (χ3n) is 2.24. The smallest absolute Gasteiger partial charge is 0.275 e. The van der Waals surface area contributed by atoms with Crippen molar-refractivity contribution in [3.8, 4) is 0 Å². The summed E-state index contributed by atoms with van der Waals surface area (Å²) in [6.07, 6.45) is 1.28. The van der Waals surface area contributed by atoms with E-state index in [0.717, 1.165) is 5.56 Å². The summed E-state index contributed by atoms with van der Waals surface area (Å²) in [5, 5.41) is 9.64. The summed E-state index contributed by atoms with van der Waals surface area (Å²) in [5.74, 6) is -0.294. The van der Waals surface area contributed by atoms with Gasteiger partial charge in [0.15, 0.2) is 5.69 Å². The number of benzene rings is 1. The zero-order valence-electron chi connectivity index (χ0n) is 8.75. The second-order valence-electron chi connectivity index (χ2n) is 3.40. The van der Waals surface area contributed by atoms with E-state index >= 15 is 0 Å². The molecule has 1 heterocycles. The maximum Gasteiger partial charge on any atom is 0.275 e. The van der Waals surface area contributed by atoms with E-state index in [1.807, 2.05) is 37.3 Å². The number of hydrogen-bond donors (Lipinski definition) is 1. The van der Waals surface area contributed by atoms with Crippen molar-refractivity contribution in [2.45, 2.75) is 13.0 Å². The Labute approximate surface area is 92.4 Å². The molecule has 1 aromatic carbocycles. The topological polar surface area (TPSA) is 68.0 Å². The molecule has 0 radical (unpaired) electrons. The van der Waals surface area contributed by atoms with Crippen LogP contribution >= 0.6 is 0 Å². The number of carbonyl (C=O) groups excluding carboxylic acids is 1. The van der Waals surface area contributed by atoms with Gasteiger partial charge in [-0.05, 0) is 17.6 Å². The number of aromatic nitrogens is 2. The fourth-order valence-corrected chi connectivity index (χ4v) is 1.36. The van der Waals surface area contributed by atoms with Crippen LogP contribution in [0.5, 0.6) is 0 Å². The van der Waals surface area contributed by atoms with Crippen LogP contribution in [0.4, 0.5) is 0 Å². The lowest BCUT2D eigenvalue weighted by Gasteiger charge is -2.12. The standard InChI is InChI=1S/C11H11N3O2/c1-8(9-5-3-2-4-6-9)13-11(15)10-7-12-16-14-10/h2-8H,1H3,(H,13,15). The number of hydrogen-bond acceptors (Lipinski definition) is 4. The molecule has 2 rings (SSSR count). The van der Waals surface area contributed by atoms with Crippen molar-refractivity contribution < 1.29 is 9.42 Å². The predicted octanol–water partition coefficient (Wildman–Crippen LogP) is 1.56. The highest BCUT2D eigenvalue weighted by atomic mass is 16.6. The molecule has 5 nitrogen and oxygen atoms in total. The molecular weight excluding hydrogens is 206 g/mol. The van der Waals surface area contributed by atoms with Gasteiger partial charge in [0, 0.05) is 0 Å². The second-order valence-corrected chi connectivity index (χ2v) is 3.40. The minimum Gasteiger partial charge on any atom is -0.344 e. The summed E-state index contributed by atoms with van der Waals surface area (Å²) in [6.45, 7) is 1.90. The third kappa shape index (κ3) is 2.25. The molecule has 1 atom stereocenters. The lowest BCUT2D eigenvalue weighted by molar-refractivity contribution is 0.0930. The van der Waals surface area contributed by atoms with Gasteiger partial charge in [0.1, 0.15) is 6.20 Å². The molecule has 1 N–H and O–H groups in total. The molecule has 0 spiro atoms. The normalized spacial score (nSPS) is 12.1. The van der Waals surface area contributed by atoms with Crippen molar-refractivity contribution in [1.82, 2.24) is 15.6 Å². The zero-order chi connectivity index (χ0) is 11.4. The molecule has 0 saturated carbocycles. The van der Waals surface area contributed by atoms with E-state index in [1.54, 1.807) is 0 Å². The average Bonchev–Trinajstić information content (AvgIpc) is 2.83. The highest BCUT2D eigenvalue weighted by molar-refractivity contribution is 5.91. The quantitative estimate of drug-likeness (QED) is 0.847. The molecule has 0 aliphatic carbocycles. The van der Waals surface area contributed by atoms with Crippen LogP contribution in [0.1, 0.15) is 29.0 Å². The first-order valence-corrected chi connectivity index (χ1v) is 4.91. The van der Waals surface area contributed by atoms with Crippen LogP contribution < -0.4 is 5.32 Å². The highest BCUT2D eigenvalue weighted by Crippen LogP contribution is 2.11. The molecular formula is C11H11N3O2. The summed E-state index contributed by atoms with van der Waals surface area (Å²) in [5.41, 5.74) is 1.22. The molecule has 82 valence electrons. The average molecular weight is 217 g/mol. The van der Waals surface area contributed by atoms with E-state index in [4.69, 9.17) is 0 Å². The van der Waals surface area contributed by atoms with Gasteiger partial charge in [-0.1, -0.05) is 35.5 Å². The number of nitrogens with one attached hydrogen (secondary N) is 1. The van der Waals surface area contributed by atoms with Crippen molar-refractivity contribution in [2.75, 3.05) is 0 Å². The van der Waals surface area contributed by atoms with Gasteiger partial charge in [0.25, 0.3) is 5.91 Å². The molecule has 0 aliphatic rings. The van der Waals surface area contributed by atoms with Gasteiger partial charge in [0.05, 0.1) is 6.04 Å². The molecule has 5 heteroatoms. The maximum absolute atomic E-state index is 11.6. The first kappa shape index (κ1) is 10.4. The Hall–Kier alpha value is -2.17. The van der Waals surface area contributed by atoms with E-state index in [0.29, 0.717) is 0 Å². The number of amides is 1. The van der Waals surface area contributed by atoms with Crippen LogP contribution in [-0.4, -0.2) is 16.2 Å². The first-order chi connectivity index (χ1) is 7.77. The summed E-state index contributed by atoms with van der Waals surface area (Å²) >= 11 is 0. The summed E-state index contributed by atoms with van der Waals surface area (Å²) in [4.78, 5) is 11.6. The third-order valence-corrected chi connectivity index (χ3v) is 2.24. The van der Waals surface area contributed by atoms with E-state index in [-0.39, 0.29) is 17.6 Å². The van der Waals surface area contributed by atoms with Crippen LogP contribution in [0.15, 0.2) is 41.2 Å². The maximum atomic E-state index is 11.6. The monoisotopic (exact) mass is 217 g/mol. The van der Waals surface area contributed by atoms with Gasteiger partial charge in [-0.25, -0.2) is 4.63 Å². The van der Waals surface area contributed by atoms with Gasteiger partial charge in [0.2, 0.25) is 0 Å². The number of rotatable bonds is 3. The van der Waals surface area contributed by atoms with Crippen molar-refractivity contribution in [1.29, 1.82) is 0 Å². The fourth-order valence-electron chi connectivity index (χ4n) is 1.36.